The Bertz CT molecular complexity index is 577. The van der Waals surface area contributed by atoms with Crippen LogP contribution in [-0.2, 0) is 4.79 Å². The van der Waals surface area contributed by atoms with E-state index in [-0.39, 0.29) is 12.5 Å². The van der Waals surface area contributed by atoms with Gasteiger partial charge in [-0.2, -0.15) is 5.10 Å². The first kappa shape index (κ1) is 16.5. The van der Waals surface area contributed by atoms with Gasteiger partial charge in [-0.15, -0.1) is 0 Å². The van der Waals surface area contributed by atoms with E-state index in [4.69, 9.17) is 0 Å². The number of carbonyl (C=O) groups is 2. The third-order valence-electron chi connectivity index (χ3n) is 4.84. The molecule has 2 rings (SSSR count). The van der Waals surface area contributed by atoms with E-state index in [1.165, 1.54) is 0 Å². The summed E-state index contributed by atoms with van der Waals surface area (Å²) >= 11 is 0. The summed E-state index contributed by atoms with van der Waals surface area (Å²) in [5.41, 5.74) is 0.610. The number of hydrogen-bond acceptors (Lipinski definition) is 3. The predicted octanol–water partition coefficient (Wildman–Crippen LogP) is 2.49. The molecule has 1 aromatic heterocycles. The number of likely N-dealkylation sites (tertiary alicyclic amines) is 1. The second-order valence-electron chi connectivity index (χ2n) is 6.40. The lowest BCUT2D eigenvalue weighted by atomic mass is 9.90. The number of carboxylic acid groups (broad SMARTS) is 1. The molecular formula is C16H25N3O3. The van der Waals surface area contributed by atoms with Crippen molar-refractivity contribution in [3.8, 4) is 0 Å². The molecule has 1 aliphatic rings. The standard InChI is InChI=1S/C16H25N3O3/c1-5-12(6-2)19-11(3)13(9-17-19)14(20)18-8-7-16(4,10-18)15(21)22/h9,12H,5-8,10H2,1-4H3,(H,21,22). The van der Waals surface area contributed by atoms with Crippen molar-refractivity contribution < 1.29 is 14.7 Å². The van der Waals surface area contributed by atoms with Crippen LogP contribution in [0.3, 0.4) is 0 Å². The van der Waals surface area contributed by atoms with Crippen LogP contribution in [0, 0.1) is 12.3 Å². The Labute approximate surface area is 131 Å². The number of amides is 1. The molecule has 0 spiro atoms. The van der Waals surface area contributed by atoms with Crippen molar-refractivity contribution in [2.75, 3.05) is 13.1 Å². The quantitative estimate of drug-likeness (QED) is 0.907. The topological polar surface area (TPSA) is 75.4 Å². The van der Waals surface area contributed by atoms with Crippen LogP contribution in [0.5, 0.6) is 0 Å². The zero-order valence-electron chi connectivity index (χ0n) is 13.8. The van der Waals surface area contributed by atoms with Gasteiger partial charge in [0.05, 0.1) is 23.2 Å². The van der Waals surface area contributed by atoms with Gasteiger partial charge in [0, 0.05) is 18.8 Å². The highest BCUT2D eigenvalue weighted by molar-refractivity contribution is 5.95. The first-order chi connectivity index (χ1) is 10.3. The smallest absolute Gasteiger partial charge is 0.311 e. The van der Waals surface area contributed by atoms with Gasteiger partial charge in [0.25, 0.3) is 5.91 Å². The SMILES string of the molecule is CCC(CC)n1ncc(C(=O)N2CCC(C)(C(=O)O)C2)c1C. The summed E-state index contributed by atoms with van der Waals surface area (Å²) < 4.78 is 1.92. The van der Waals surface area contributed by atoms with Crippen molar-refractivity contribution >= 4 is 11.9 Å². The zero-order chi connectivity index (χ0) is 16.5. The third-order valence-corrected chi connectivity index (χ3v) is 4.84. The molecule has 122 valence electrons. The van der Waals surface area contributed by atoms with E-state index in [9.17, 15) is 14.7 Å². The van der Waals surface area contributed by atoms with Crippen molar-refractivity contribution in [1.82, 2.24) is 14.7 Å². The maximum Gasteiger partial charge on any atom is 0.311 e. The fourth-order valence-corrected chi connectivity index (χ4v) is 3.12. The highest BCUT2D eigenvalue weighted by Gasteiger charge is 2.42. The Balaban J connectivity index is 2.20. The molecule has 1 fully saturated rings. The summed E-state index contributed by atoms with van der Waals surface area (Å²) in [7, 11) is 0. The maximum atomic E-state index is 12.7. The second kappa shape index (κ2) is 6.10. The van der Waals surface area contributed by atoms with Crippen LogP contribution in [0.1, 0.15) is 62.1 Å². The normalized spacial score (nSPS) is 21.6. The Morgan fingerprint density at radius 3 is 2.55 bits per heavy atom. The van der Waals surface area contributed by atoms with Crippen LogP contribution < -0.4 is 0 Å². The molecule has 0 bridgehead atoms. The summed E-state index contributed by atoms with van der Waals surface area (Å²) in [5, 5.41) is 13.7. The molecule has 1 N–H and O–H groups in total. The largest absolute Gasteiger partial charge is 0.481 e. The fraction of sp³-hybridized carbons (Fsp3) is 0.688. The van der Waals surface area contributed by atoms with E-state index >= 15 is 0 Å². The molecule has 6 heteroatoms. The highest BCUT2D eigenvalue weighted by atomic mass is 16.4. The first-order valence-electron chi connectivity index (χ1n) is 7.90. The van der Waals surface area contributed by atoms with Crippen molar-refractivity contribution in [2.45, 2.75) is 53.0 Å². The molecule has 1 atom stereocenters. The Morgan fingerprint density at radius 1 is 1.41 bits per heavy atom. The van der Waals surface area contributed by atoms with Gasteiger partial charge in [-0.1, -0.05) is 13.8 Å². The van der Waals surface area contributed by atoms with Crippen LogP contribution in [0.4, 0.5) is 0 Å². The number of nitrogens with zero attached hydrogens (tertiary/aromatic N) is 3. The van der Waals surface area contributed by atoms with Crippen molar-refractivity contribution in [1.29, 1.82) is 0 Å². The average Bonchev–Trinajstić information content (AvgIpc) is 3.05. The van der Waals surface area contributed by atoms with Gasteiger partial charge in [0.2, 0.25) is 0 Å². The molecule has 1 saturated heterocycles. The van der Waals surface area contributed by atoms with E-state index in [1.54, 1.807) is 18.0 Å². The van der Waals surface area contributed by atoms with E-state index in [0.29, 0.717) is 24.6 Å². The molecular weight excluding hydrogens is 282 g/mol. The molecule has 0 radical (unpaired) electrons. The average molecular weight is 307 g/mol. The Kier molecular flexibility index (Phi) is 4.58. The van der Waals surface area contributed by atoms with Crippen LogP contribution in [0.2, 0.25) is 0 Å². The van der Waals surface area contributed by atoms with E-state index in [0.717, 1.165) is 18.5 Å². The number of carboxylic acids is 1. The van der Waals surface area contributed by atoms with Crippen LogP contribution >= 0.6 is 0 Å². The summed E-state index contributed by atoms with van der Waals surface area (Å²) in [6, 6.07) is 0.296. The Morgan fingerprint density at radius 2 is 2.05 bits per heavy atom. The van der Waals surface area contributed by atoms with Gasteiger partial charge in [0.1, 0.15) is 0 Å². The summed E-state index contributed by atoms with van der Waals surface area (Å²) in [5.74, 6) is -0.952. The lowest BCUT2D eigenvalue weighted by Gasteiger charge is -2.20. The van der Waals surface area contributed by atoms with Crippen molar-refractivity contribution in [2.24, 2.45) is 5.41 Å². The third kappa shape index (κ3) is 2.74. The predicted molar refractivity (Wildman–Crippen MR) is 82.8 cm³/mol. The van der Waals surface area contributed by atoms with Gasteiger partial charge in [-0.3, -0.25) is 14.3 Å². The first-order valence-corrected chi connectivity index (χ1v) is 7.90. The van der Waals surface area contributed by atoms with E-state index in [2.05, 4.69) is 18.9 Å². The molecule has 0 aromatic carbocycles. The van der Waals surface area contributed by atoms with Gasteiger partial charge < -0.3 is 10.0 Å². The maximum absolute atomic E-state index is 12.7. The van der Waals surface area contributed by atoms with E-state index in [1.807, 2.05) is 11.6 Å². The number of aromatic nitrogens is 2. The second-order valence-corrected chi connectivity index (χ2v) is 6.40. The summed E-state index contributed by atoms with van der Waals surface area (Å²) in [6.45, 7) is 8.56. The number of carbonyl (C=O) groups excluding carboxylic acids is 1. The Hall–Kier alpha value is -1.85. The summed E-state index contributed by atoms with van der Waals surface area (Å²) in [6.07, 6.45) is 4.04. The van der Waals surface area contributed by atoms with E-state index < -0.39 is 11.4 Å². The van der Waals surface area contributed by atoms with Gasteiger partial charge in [-0.25, -0.2) is 0 Å². The molecule has 1 unspecified atom stereocenters. The molecule has 0 aliphatic carbocycles. The zero-order valence-corrected chi connectivity index (χ0v) is 13.8. The van der Waals surface area contributed by atoms with Crippen LogP contribution in [0.25, 0.3) is 0 Å². The highest BCUT2D eigenvalue weighted by Crippen LogP contribution is 2.31. The van der Waals surface area contributed by atoms with Gasteiger partial charge in [0.15, 0.2) is 0 Å². The molecule has 1 aliphatic heterocycles. The number of aliphatic carboxylic acids is 1. The summed E-state index contributed by atoms with van der Waals surface area (Å²) in [4.78, 5) is 25.6. The van der Waals surface area contributed by atoms with Gasteiger partial charge in [-0.05, 0) is 33.1 Å². The van der Waals surface area contributed by atoms with Crippen LogP contribution in [-0.4, -0.2) is 44.8 Å². The van der Waals surface area contributed by atoms with Crippen LogP contribution in [0.15, 0.2) is 6.20 Å². The number of hydrogen-bond donors (Lipinski definition) is 1. The fourth-order valence-electron chi connectivity index (χ4n) is 3.12. The van der Waals surface area contributed by atoms with Crippen molar-refractivity contribution in [3.05, 3.63) is 17.5 Å². The molecule has 1 amide bonds. The molecule has 22 heavy (non-hydrogen) atoms. The minimum atomic E-state index is -0.841. The minimum absolute atomic E-state index is 0.111. The monoisotopic (exact) mass is 307 g/mol. The minimum Gasteiger partial charge on any atom is -0.481 e. The molecule has 1 aromatic rings. The lowest BCUT2D eigenvalue weighted by Crippen LogP contribution is -2.35. The molecule has 6 nitrogen and oxygen atoms in total. The molecule has 2 heterocycles. The van der Waals surface area contributed by atoms with Gasteiger partial charge >= 0.3 is 5.97 Å². The number of rotatable bonds is 5. The lowest BCUT2D eigenvalue weighted by molar-refractivity contribution is -0.147. The van der Waals surface area contributed by atoms with Crippen molar-refractivity contribution in [3.63, 3.8) is 0 Å². The molecule has 0 saturated carbocycles.